The summed E-state index contributed by atoms with van der Waals surface area (Å²) < 4.78 is 0. The van der Waals surface area contributed by atoms with Gasteiger partial charge < -0.3 is 4.90 Å². The summed E-state index contributed by atoms with van der Waals surface area (Å²) >= 11 is 9.95. The van der Waals surface area contributed by atoms with Crippen molar-refractivity contribution >= 4 is 30.1 Å². The maximum absolute atomic E-state index is 11.5. The predicted octanol–water partition coefficient (Wildman–Crippen LogP) is 2.17. The zero-order valence-electron chi connectivity index (χ0n) is 8.91. The Bertz CT molecular complexity index is 261. The average Bonchev–Trinajstić information content (AvgIpc) is 2.86. The van der Waals surface area contributed by atoms with E-state index in [1.807, 2.05) is 4.90 Å². The van der Waals surface area contributed by atoms with E-state index < -0.39 is 0 Å². The van der Waals surface area contributed by atoms with Gasteiger partial charge in [0.2, 0.25) is 5.91 Å². The molecule has 1 aliphatic carbocycles. The molecule has 0 aromatic rings. The van der Waals surface area contributed by atoms with Crippen molar-refractivity contribution in [1.82, 2.24) is 4.90 Å². The van der Waals surface area contributed by atoms with Gasteiger partial charge in [-0.1, -0.05) is 0 Å². The lowest BCUT2D eigenvalue weighted by Crippen LogP contribution is -2.32. The van der Waals surface area contributed by atoms with Crippen molar-refractivity contribution in [2.75, 3.05) is 24.7 Å². The summed E-state index contributed by atoms with van der Waals surface area (Å²) in [6, 6.07) is 0. The number of halogens is 1. The number of amides is 1. The molecule has 1 heterocycles. The number of carbonyl (C=O) groups excluding carboxylic acids is 1. The maximum Gasteiger partial charge on any atom is 0.237 e. The fraction of sp³-hybridized carbons (Fsp3) is 0.909. The van der Waals surface area contributed by atoms with Crippen LogP contribution < -0.4 is 0 Å². The molecular formula is C11H18ClNOS. The molecule has 2 aliphatic rings. The van der Waals surface area contributed by atoms with Crippen molar-refractivity contribution in [2.24, 2.45) is 11.3 Å². The van der Waals surface area contributed by atoms with E-state index in [-0.39, 0.29) is 11.8 Å². The largest absolute Gasteiger partial charge is 0.341 e. The number of hydrogen-bond acceptors (Lipinski definition) is 2. The molecule has 1 saturated carbocycles. The van der Waals surface area contributed by atoms with Gasteiger partial charge >= 0.3 is 0 Å². The van der Waals surface area contributed by atoms with Crippen LogP contribution in [-0.2, 0) is 4.79 Å². The highest BCUT2D eigenvalue weighted by Crippen LogP contribution is 2.48. The van der Waals surface area contributed by atoms with Gasteiger partial charge in [0, 0.05) is 13.1 Å². The number of rotatable bonds is 2. The fourth-order valence-corrected chi connectivity index (χ4v) is 3.57. The number of thiol groups is 1. The summed E-state index contributed by atoms with van der Waals surface area (Å²) in [5, 5.41) is 0. The third-order valence-electron chi connectivity index (χ3n) is 3.97. The molecule has 2 rings (SSSR count). The highest BCUT2D eigenvalue weighted by atomic mass is 35.5. The van der Waals surface area contributed by atoms with Crippen LogP contribution in [0, 0.1) is 11.3 Å². The van der Waals surface area contributed by atoms with Crippen LogP contribution in [0.3, 0.4) is 0 Å². The van der Waals surface area contributed by atoms with Crippen LogP contribution in [0.15, 0.2) is 0 Å². The first-order chi connectivity index (χ1) is 7.19. The van der Waals surface area contributed by atoms with Crippen LogP contribution >= 0.6 is 24.2 Å². The Morgan fingerprint density at radius 3 is 2.93 bits per heavy atom. The van der Waals surface area contributed by atoms with E-state index in [2.05, 4.69) is 12.6 Å². The van der Waals surface area contributed by atoms with E-state index in [1.165, 1.54) is 25.7 Å². The quantitative estimate of drug-likeness (QED) is 0.586. The van der Waals surface area contributed by atoms with Gasteiger partial charge in [0.05, 0.1) is 0 Å². The molecule has 2 fully saturated rings. The van der Waals surface area contributed by atoms with E-state index in [1.54, 1.807) is 0 Å². The molecule has 0 radical (unpaired) electrons. The lowest BCUT2D eigenvalue weighted by atomic mass is 9.85. The highest BCUT2D eigenvalue weighted by molar-refractivity contribution is 7.80. The van der Waals surface area contributed by atoms with Gasteiger partial charge in [-0.15, -0.1) is 11.6 Å². The van der Waals surface area contributed by atoms with Crippen LogP contribution in [0.25, 0.3) is 0 Å². The van der Waals surface area contributed by atoms with Gasteiger partial charge in [0.15, 0.2) is 0 Å². The summed E-state index contributed by atoms with van der Waals surface area (Å²) in [4.78, 5) is 13.4. The molecule has 0 aromatic carbocycles. The standard InChI is InChI=1S/C11H18ClNOS/c12-6-10(14)13-4-3-11(8-13)2-1-9(5-11)7-15/h9,15H,1-8H2. The minimum Gasteiger partial charge on any atom is -0.341 e. The van der Waals surface area contributed by atoms with Crippen LogP contribution in [0.2, 0.25) is 0 Å². The molecule has 15 heavy (non-hydrogen) atoms. The van der Waals surface area contributed by atoms with Crippen molar-refractivity contribution in [3.8, 4) is 0 Å². The number of nitrogens with zero attached hydrogens (tertiary/aromatic N) is 1. The molecule has 86 valence electrons. The minimum atomic E-state index is 0.0999. The summed E-state index contributed by atoms with van der Waals surface area (Å²) in [5.41, 5.74) is 0.412. The topological polar surface area (TPSA) is 20.3 Å². The first-order valence-electron chi connectivity index (χ1n) is 5.64. The first kappa shape index (κ1) is 11.6. The second kappa shape index (κ2) is 4.54. The minimum absolute atomic E-state index is 0.0999. The molecule has 2 nitrogen and oxygen atoms in total. The smallest absolute Gasteiger partial charge is 0.237 e. The number of hydrogen-bond donors (Lipinski definition) is 1. The Balaban J connectivity index is 1.94. The van der Waals surface area contributed by atoms with Crippen LogP contribution in [0.4, 0.5) is 0 Å². The third kappa shape index (κ3) is 2.28. The van der Waals surface area contributed by atoms with Gasteiger partial charge in [-0.05, 0) is 42.8 Å². The molecule has 0 bridgehead atoms. The second-order valence-corrected chi connectivity index (χ2v) is 5.62. The first-order valence-corrected chi connectivity index (χ1v) is 6.80. The molecular weight excluding hydrogens is 230 g/mol. The molecule has 1 aliphatic heterocycles. The summed E-state index contributed by atoms with van der Waals surface area (Å²) in [5.74, 6) is 1.99. The van der Waals surface area contributed by atoms with Crippen molar-refractivity contribution in [2.45, 2.75) is 25.7 Å². The monoisotopic (exact) mass is 247 g/mol. The number of carbonyl (C=O) groups is 1. The molecule has 1 spiro atoms. The number of alkyl halides is 1. The van der Waals surface area contributed by atoms with Crippen LogP contribution in [-0.4, -0.2) is 35.5 Å². The zero-order chi connectivity index (χ0) is 10.9. The lowest BCUT2D eigenvalue weighted by Gasteiger charge is -2.23. The second-order valence-electron chi connectivity index (χ2n) is 4.99. The van der Waals surface area contributed by atoms with Gasteiger partial charge in [-0.3, -0.25) is 4.79 Å². The van der Waals surface area contributed by atoms with E-state index in [0.717, 1.165) is 24.8 Å². The molecule has 4 heteroatoms. The molecule has 1 amide bonds. The Labute approximate surface area is 102 Å². The van der Waals surface area contributed by atoms with Crippen molar-refractivity contribution in [1.29, 1.82) is 0 Å². The van der Waals surface area contributed by atoms with Crippen LogP contribution in [0.5, 0.6) is 0 Å². The van der Waals surface area contributed by atoms with E-state index in [0.29, 0.717) is 5.41 Å². The predicted molar refractivity (Wildman–Crippen MR) is 65.5 cm³/mol. The zero-order valence-corrected chi connectivity index (χ0v) is 10.6. The van der Waals surface area contributed by atoms with E-state index in [4.69, 9.17) is 11.6 Å². The van der Waals surface area contributed by atoms with Gasteiger partial charge in [0.25, 0.3) is 0 Å². The molecule has 1 saturated heterocycles. The van der Waals surface area contributed by atoms with Crippen molar-refractivity contribution in [3.05, 3.63) is 0 Å². The van der Waals surface area contributed by atoms with Gasteiger partial charge in [-0.2, -0.15) is 12.6 Å². The summed E-state index contributed by atoms with van der Waals surface area (Å²) in [6.45, 7) is 1.84. The molecule has 2 unspecified atom stereocenters. The summed E-state index contributed by atoms with van der Waals surface area (Å²) in [6.07, 6.45) is 4.97. The average molecular weight is 248 g/mol. The van der Waals surface area contributed by atoms with Gasteiger partial charge in [0.1, 0.15) is 5.88 Å². The molecule has 0 aromatic heterocycles. The van der Waals surface area contributed by atoms with E-state index >= 15 is 0 Å². The van der Waals surface area contributed by atoms with Crippen molar-refractivity contribution < 1.29 is 4.79 Å². The Kier molecular flexibility index (Phi) is 3.51. The molecule has 2 atom stereocenters. The Morgan fingerprint density at radius 2 is 2.33 bits per heavy atom. The van der Waals surface area contributed by atoms with Crippen LogP contribution in [0.1, 0.15) is 25.7 Å². The fourth-order valence-electron chi connectivity index (χ4n) is 3.09. The lowest BCUT2D eigenvalue weighted by molar-refractivity contribution is -0.127. The third-order valence-corrected chi connectivity index (χ3v) is 4.71. The Hall–Kier alpha value is 0.110. The number of likely N-dealkylation sites (tertiary alicyclic amines) is 1. The molecule has 0 N–H and O–H groups in total. The van der Waals surface area contributed by atoms with Crippen molar-refractivity contribution in [3.63, 3.8) is 0 Å². The summed E-state index contributed by atoms with van der Waals surface area (Å²) in [7, 11) is 0. The van der Waals surface area contributed by atoms with E-state index in [9.17, 15) is 4.79 Å². The van der Waals surface area contributed by atoms with Gasteiger partial charge in [-0.25, -0.2) is 0 Å². The maximum atomic E-state index is 11.5. The Morgan fingerprint density at radius 1 is 1.53 bits per heavy atom. The highest BCUT2D eigenvalue weighted by Gasteiger charge is 2.44. The normalized spacial score (nSPS) is 35.3. The SMILES string of the molecule is O=C(CCl)N1CCC2(CCC(CS)C2)C1.